The lowest BCUT2D eigenvalue weighted by atomic mass is 9.84. The first-order valence-corrected chi connectivity index (χ1v) is 11.0. The number of halogens is 1. The average Bonchev–Trinajstić information content (AvgIpc) is 3.26. The van der Waals surface area contributed by atoms with Crippen LogP contribution in [0.5, 0.6) is 0 Å². The molecule has 0 spiro atoms. The maximum Gasteiger partial charge on any atom is 0.225 e. The summed E-state index contributed by atoms with van der Waals surface area (Å²) in [6.07, 6.45) is 8.28. The second-order valence-electron chi connectivity index (χ2n) is 8.56. The van der Waals surface area contributed by atoms with E-state index < -0.39 is 0 Å². The van der Waals surface area contributed by atoms with Crippen LogP contribution in [0.3, 0.4) is 0 Å². The highest BCUT2D eigenvalue weighted by atomic mass is 19.1. The van der Waals surface area contributed by atoms with Gasteiger partial charge in [-0.15, -0.1) is 0 Å². The summed E-state index contributed by atoms with van der Waals surface area (Å²) in [7, 11) is 0. The van der Waals surface area contributed by atoms with E-state index in [1.54, 1.807) is 6.07 Å². The van der Waals surface area contributed by atoms with Gasteiger partial charge in [0.15, 0.2) is 0 Å². The Hall–Kier alpha value is -1.46. The molecule has 1 amide bonds. The SMILES string of the molecule is O=C(C1CCC(OCC2CCCO2)CC1)N1CCC(c2ccccc2F)CC1. The number of hydrogen-bond acceptors (Lipinski definition) is 3. The second-order valence-corrected chi connectivity index (χ2v) is 8.56. The molecular weight excluding hydrogens is 357 g/mol. The molecule has 5 heteroatoms. The van der Waals surface area contributed by atoms with Gasteiger partial charge in [-0.3, -0.25) is 4.79 Å². The third-order valence-electron chi connectivity index (χ3n) is 6.72. The number of ether oxygens (including phenoxy) is 2. The van der Waals surface area contributed by atoms with E-state index in [1.807, 2.05) is 17.0 Å². The first-order chi connectivity index (χ1) is 13.7. The monoisotopic (exact) mass is 389 g/mol. The lowest BCUT2D eigenvalue weighted by molar-refractivity contribution is -0.139. The van der Waals surface area contributed by atoms with E-state index in [4.69, 9.17) is 9.47 Å². The van der Waals surface area contributed by atoms with Crippen LogP contribution in [0, 0.1) is 11.7 Å². The van der Waals surface area contributed by atoms with Gasteiger partial charge in [-0.2, -0.15) is 0 Å². The molecule has 2 saturated heterocycles. The number of nitrogens with zero attached hydrogens (tertiary/aromatic N) is 1. The van der Waals surface area contributed by atoms with Gasteiger partial charge in [0, 0.05) is 25.6 Å². The van der Waals surface area contributed by atoms with Crippen molar-refractivity contribution in [2.45, 2.75) is 69.5 Å². The van der Waals surface area contributed by atoms with Gasteiger partial charge < -0.3 is 14.4 Å². The van der Waals surface area contributed by atoms with Gasteiger partial charge in [-0.25, -0.2) is 4.39 Å². The average molecular weight is 390 g/mol. The Labute approximate surface area is 167 Å². The molecule has 4 nitrogen and oxygen atoms in total. The van der Waals surface area contributed by atoms with Crippen LogP contribution >= 0.6 is 0 Å². The lowest BCUT2D eigenvalue weighted by Crippen LogP contribution is -2.43. The third-order valence-corrected chi connectivity index (χ3v) is 6.72. The molecule has 1 saturated carbocycles. The summed E-state index contributed by atoms with van der Waals surface area (Å²) in [5.41, 5.74) is 0.804. The molecule has 28 heavy (non-hydrogen) atoms. The molecule has 2 aliphatic heterocycles. The fraction of sp³-hybridized carbons (Fsp3) is 0.696. The highest BCUT2D eigenvalue weighted by Crippen LogP contribution is 2.33. The highest BCUT2D eigenvalue weighted by Gasteiger charge is 2.32. The summed E-state index contributed by atoms with van der Waals surface area (Å²) >= 11 is 0. The number of hydrogen-bond donors (Lipinski definition) is 0. The molecule has 2 heterocycles. The minimum atomic E-state index is -0.117. The van der Waals surface area contributed by atoms with Gasteiger partial charge in [0.1, 0.15) is 5.82 Å². The molecule has 4 rings (SSSR count). The van der Waals surface area contributed by atoms with Crippen molar-refractivity contribution in [2.75, 3.05) is 26.3 Å². The van der Waals surface area contributed by atoms with Crippen molar-refractivity contribution in [1.29, 1.82) is 0 Å². The molecule has 1 atom stereocenters. The van der Waals surface area contributed by atoms with Crippen LogP contribution in [0.1, 0.15) is 62.8 Å². The van der Waals surface area contributed by atoms with Crippen LogP contribution in [0.15, 0.2) is 24.3 Å². The Balaban J connectivity index is 1.20. The first kappa shape index (κ1) is 19.8. The maximum absolute atomic E-state index is 14.0. The van der Waals surface area contributed by atoms with Crippen LogP contribution in [0.2, 0.25) is 0 Å². The summed E-state index contributed by atoms with van der Waals surface area (Å²) in [6.45, 7) is 3.05. The molecule has 1 aromatic carbocycles. The number of rotatable bonds is 5. The van der Waals surface area contributed by atoms with Crippen molar-refractivity contribution in [3.05, 3.63) is 35.6 Å². The molecule has 3 aliphatic rings. The zero-order valence-electron chi connectivity index (χ0n) is 16.7. The third kappa shape index (κ3) is 4.74. The van der Waals surface area contributed by atoms with Crippen molar-refractivity contribution >= 4 is 5.91 Å². The number of benzene rings is 1. The number of amides is 1. The summed E-state index contributed by atoms with van der Waals surface area (Å²) in [6, 6.07) is 7.05. The fourth-order valence-corrected chi connectivity index (χ4v) is 4.97. The summed E-state index contributed by atoms with van der Waals surface area (Å²) in [5.74, 6) is 0.540. The van der Waals surface area contributed by atoms with E-state index in [1.165, 1.54) is 6.07 Å². The van der Waals surface area contributed by atoms with E-state index in [0.717, 1.165) is 76.6 Å². The zero-order chi connectivity index (χ0) is 19.3. The van der Waals surface area contributed by atoms with Crippen LogP contribution in [0.4, 0.5) is 4.39 Å². The van der Waals surface area contributed by atoms with E-state index in [-0.39, 0.29) is 29.9 Å². The molecule has 0 bridgehead atoms. The standard InChI is InChI=1S/C23H32FNO3/c24-22-6-2-1-5-21(22)17-11-13-25(14-12-17)23(26)18-7-9-19(10-8-18)28-16-20-4-3-15-27-20/h1-2,5-6,17-20H,3-4,7-16H2. The second kappa shape index (κ2) is 9.36. The molecule has 1 unspecified atom stereocenters. The quantitative estimate of drug-likeness (QED) is 0.754. The molecule has 0 aromatic heterocycles. The molecule has 154 valence electrons. The van der Waals surface area contributed by atoms with Gasteiger partial charge in [-0.1, -0.05) is 18.2 Å². The van der Waals surface area contributed by atoms with Gasteiger partial charge in [0.2, 0.25) is 5.91 Å². The fourth-order valence-electron chi connectivity index (χ4n) is 4.97. The van der Waals surface area contributed by atoms with Gasteiger partial charge in [0.05, 0.1) is 18.8 Å². The van der Waals surface area contributed by atoms with Crippen LogP contribution in [-0.4, -0.2) is 49.3 Å². The highest BCUT2D eigenvalue weighted by molar-refractivity contribution is 5.79. The van der Waals surface area contributed by atoms with E-state index in [9.17, 15) is 9.18 Å². The van der Waals surface area contributed by atoms with Crippen molar-refractivity contribution in [2.24, 2.45) is 5.92 Å². The van der Waals surface area contributed by atoms with E-state index in [2.05, 4.69) is 0 Å². The van der Waals surface area contributed by atoms with Crippen molar-refractivity contribution in [1.82, 2.24) is 4.90 Å². The molecule has 1 aliphatic carbocycles. The van der Waals surface area contributed by atoms with Crippen molar-refractivity contribution in [3.8, 4) is 0 Å². The van der Waals surface area contributed by atoms with Gasteiger partial charge in [0.25, 0.3) is 0 Å². The number of carbonyl (C=O) groups excluding carboxylic acids is 1. The largest absolute Gasteiger partial charge is 0.376 e. The predicted octanol–water partition coefficient (Wildman–Crippen LogP) is 4.29. The Morgan fingerprint density at radius 3 is 2.50 bits per heavy atom. The molecule has 1 aromatic rings. The van der Waals surface area contributed by atoms with Crippen molar-refractivity contribution in [3.63, 3.8) is 0 Å². The Morgan fingerprint density at radius 1 is 1.07 bits per heavy atom. The molecule has 3 fully saturated rings. The lowest BCUT2D eigenvalue weighted by Gasteiger charge is -2.36. The minimum absolute atomic E-state index is 0.117. The predicted molar refractivity (Wildman–Crippen MR) is 106 cm³/mol. The molecule has 0 N–H and O–H groups in total. The Kier molecular flexibility index (Phi) is 6.63. The van der Waals surface area contributed by atoms with Gasteiger partial charge in [-0.05, 0) is 68.9 Å². The first-order valence-electron chi connectivity index (χ1n) is 11.0. The van der Waals surface area contributed by atoms with Crippen LogP contribution in [0.25, 0.3) is 0 Å². The van der Waals surface area contributed by atoms with Gasteiger partial charge >= 0.3 is 0 Å². The maximum atomic E-state index is 14.0. The zero-order valence-corrected chi connectivity index (χ0v) is 16.7. The number of likely N-dealkylation sites (tertiary alicyclic amines) is 1. The topological polar surface area (TPSA) is 38.8 Å². The van der Waals surface area contributed by atoms with Crippen LogP contribution in [-0.2, 0) is 14.3 Å². The smallest absolute Gasteiger partial charge is 0.225 e. The Morgan fingerprint density at radius 2 is 1.82 bits per heavy atom. The van der Waals surface area contributed by atoms with Crippen LogP contribution < -0.4 is 0 Å². The van der Waals surface area contributed by atoms with E-state index >= 15 is 0 Å². The molecular formula is C23H32FNO3. The summed E-state index contributed by atoms with van der Waals surface area (Å²) in [5, 5.41) is 0. The summed E-state index contributed by atoms with van der Waals surface area (Å²) < 4.78 is 25.7. The minimum Gasteiger partial charge on any atom is -0.376 e. The number of piperidine rings is 1. The number of carbonyl (C=O) groups is 1. The van der Waals surface area contributed by atoms with E-state index in [0.29, 0.717) is 12.5 Å². The summed E-state index contributed by atoms with van der Waals surface area (Å²) in [4.78, 5) is 14.9. The Bertz CT molecular complexity index is 645. The van der Waals surface area contributed by atoms with Crippen molar-refractivity contribution < 1.29 is 18.7 Å². The normalized spacial score (nSPS) is 29.2. The molecule has 0 radical (unpaired) electrons.